The van der Waals surface area contributed by atoms with E-state index in [0.29, 0.717) is 19.3 Å². The van der Waals surface area contributed by atoms with Crippen LogP contribution in [-0.4, -0.2) is 58.0 Å². The third-order valence-corrected chi connectivity index (χ3v) is 11.1. The van der Waals surface area contributed by atoms with E-state index in [9.17, 15) is 37.5 Å². The first-order chi connectivity index (χ1) is 17.5. The molecule has 0 amide bonds. The van der Waals surface area contributed by atoms with Crippen molar-refractivity contribution >= 4 is 35.1 Å². The molecule has 0 radical (unpaired) electrons. The molecule has 11 heteroatoms. The summed E-state index contributed by atoms with van der Waals surface area (Å²) in [6, 6.07) is 0. The summed E-state index contributed by atoms with van der Waals surface area (Å²) < 4.78 is 50.4. The summed E-state index contributed by atoms with van der Waals surface area (Å²) in [6.45, 7) is 6.01. The lowest BCUT2D eigenvalue weighted by atomic mass is 9.44. The van der Waals surface area contributed by atoms with Crippen molar-refractivity contribution in [3.05, 3.63) is 11.6 Å². The van der Waals surface area contributed by atoms with Crippen molar-refractivity contribution in [1.82, 2.24) is 0 Å². The van der Waals surface area contributed by atoms with E-state index in [1.54, 1.807) is 27.7 Å². The molecule has 4 aliphatic rings. The van der Waals surface area contributed by atoms with Gasteiger partial charge in [0.1, 0.15) is 11.7 Å². The number of fused-ring (bicyclic) bond motifs is 5. The fourth-order valence-electron chi connectivity index (χ4n) is 8.14. The first-order valence-electron chi connectivity index (χ1n) is 13.1. The standard InChI is InChI=1S/C27H34ClF3O7/c1-5-21(34)37-13-19(33)26(36)14(2)10-18-17-7-6-15-11-16(32)8-9-23(15,3)25(17,28)20(12-24(18,26)4)38-22(35)27(29,30)31/h11,14,17-18,20,36H,5-10,12-13H2,1-4H3/t14?,17-,18-,20?,23-,24-,25-,26-/m0/s1. The highest BCUT2D eigenvalue weighted by Gasteiger charge is 2.76. The van der Waals surface area contributed by atoms with E-state index in [0.717, 1.165) is 5.57 Å². The summed E-state index contributed by atoms with van der Waals surface area (Å²) >= 11 is 7.44. The van der Waals surface area contributed by atoms with Gasteiger partial charge in [-0.05, 0) is 55.9 Å². The molecule has 0 aromatic heterocycles. The van der Waals surface area contributed by atoms with Crippen molar-refractivity contribution in [2.45, 2.75) is 95.4 Å². The molecule has 0 saturated heterocycles. The minimum absolute atomic E-state index is 0.0321. The van der Waals surface area contributed by atoms with E-state index in [1.165, 1.54) is 6.08 Å². The van der Waals surface area contributed by atoms with Gasteiger partial charge in [0.25, 0.3) is 0 Å². The van der Waals surface area contributed by atoms with Crippen LogP contribution < -0.4 is 0 Å². The van der Waals surface area contributed by atoms with E-state index in [1.807, 2.05) is 0 Å². The van der Waals surface area contributed by atoms with Crippen LogP contribution in [0.4, 0.5) is 13.2 Å². The van der Waals surface area contributed by atoms with Crippen LogP contribution in [0.25, 0.3) is 0 Å². The van der Waals surface area contributed by atoms with Gasteiger partial charge < -0.3 is 14.6 Å². The zero-order valence-corrected chi connectivity index (χ0v) is 22.7. The topological polar surface area (TPSA) is 107 Å². The Hall–Kier alpha value is -1.94. The predicted molar refractivity (Wildman–Crippen MR) is 129 cm³/mol. The minimum Gasteiger partial charge on any atom is -0.458 e. The molecular weight excluding hydrogens is 529 g/mol. The van der Waals surface area contributed by atoms with E-state index >= 15 is 0 Å². The molecule has 38 heavy (non-hydrogen) atoms. The Morgan fingerprint density at radius 2 is 1.84 bits per heavy atom. The number of carbonyl (C=O) groups excluding carboxylic acids is 4. The van der Waals surface area contributed by atoms with Crippen LogP contribution in [0.3, 0.4) is 0 Å². The van der Waals surface area contributed by atoms with Gasteiger partial charge in [-0.25, -0.2) is 4.79 Å². The first-order valence-corrected chi connectivity index (χ1v) is 13.5. The van der Waals surface area contributed by atoms with Crippen molar-refractivity contribution in [2.75, 3.05) is 6.61 Å². The molecule has 8 atom stereocenters. The zero-order chi connectivity index (χ0) is 28.5. The molecule has 3 saturated carbocycles. The Balaban J connectivity index is 1.82. The minimum atomic E-state index is -5.28. The highest BCUT2D eigenvalue weighted by Crippen LogP contribution is 2.72. The van der Waals surface area contributed by atoms with Gasteiger partial charge in [0, 0.05) is 23.7 Å². The van der Waals surface area contributed by atoms with Crippen LogP contribution in [0.2, 0.25) is 0 Å². The Labute approximate surface area is 224 Å². The number of alkyl halides is 4. The van der Waals surface area contributed by atoms with Gasteiger partial charge in [-0.3, -0.25) is 14.4 Å². The maximum absolute atomic E-state index is 13.4. The zero-order valence-electron chi connectivity index (χ0n) is 22.0. The number of aliphatic hydroxyl groups is 1. The van der Waals surface area contributed by atoms with Crippen LogP contribution in [0, 0.1) is 28.6 Å². The number of rotatable bonds is 5. The molecule has 0 aromatic carbocycles. The van der Waals surface area contributed by atoms with Gasteiger partial charge in [0.2, 0.25) is 5.78 Å². The molecule has 0 bridgehead atoms. The van der Waals surface area contributed by atoms with Crippen molar-refractivity contribution in [1.29, 1.82) is 0 Å². The largest absolute Gasteiger partial charge is 0.490 e. The summed E-state index contributed by atoms with van der Waals surface area (Å²) in [7, 11) is 0. The molecule has 0 aliphatic heterocycles. The average Bonchev–Trinajstić information content (AvgIpc) is 3.04. The second-order valence-corrected chi connectivity index (χ2v) is 12.5. The number of Topliss-reactive ketones (excluding diaryl/α,β-unsaturated/α-hetero) is 1. The number of ketones is 2. The number of hydrogen-bond acceptors (Lipinski definition) is 7. The molecule has 2 unspecified atom stereocenters. The molecule has 0 spiro atoms. The fourth-order valence-corrected chi connectivity index (χ4v) is 8.74. The lowest BCUT2D eigenvalue weighted by molar-refractivity contribution is -0.223. The molecular formula is C27H34ClF3O7. The lowest BCUT2D eigenvalue weighted by Crippen LogP contribution is -2.70. The number of halogens is 4. The summed E-state index contributed by atoms with van der Waals surface area (Å²) in [5.74, 6) is -5.40. The molecule has 4 aliphatic carbocycles. The smallest absolute Gasteiger partial charge is 0.458 e. The number of hydrogen-bond donors (Lipinski definition) is 1. The molecule has 3 fully saturated rings. The quantitative estimate of drug-likeness (QED) is 0.389. The Bertz CT molecular complexity index is 1090. The fraction of sp³-hybridized carbons (Fsp3) is 0.778. The van der Waals surface area contributed by atoms with E-state index < -0.39 is 75.7 Å². The third-order valence-electron chi connectivity index (χ3n) is 10.2. The number of ether oxygens (including phenoxy) is 2. The van der Waals surface area contributed by atoms with Gasteiger partial charge in [-0.2, -0.15) is 13.2 Å². The molecule has 212 valence electrons. The molecule has 7 nitrogen and oxygen atoms in total. The second kappa shape index (κ2) is 9.32. The van der Waals surface area contributed by atoms with Gasteiger partial charge in [0.05, 0.1) is 4.87 Å². The number of carbonyl (C=O) groups is 4. The Kier molecular flexibility index (Phi) is 7.13. The highest BCUT2D eigenvalue weighted by molar-refractivity contribution is 6.26. The van der Waals surface area contributed by atoms with Crippen molar-refractivity contribution in [3.8, 4) is 0 Å². The normalized spacial score (nSPS) is 42.3. The van der Waals surface area contributed by atoms with Crippen LogP contribution in [-0.2, 0) is 28.7 Å². The van der Waals surface area contributed by atoms with Crippen molar-refractivity contribution < 1.29 is 46.9 Å². The summed E-state index contributed by atoms with van der Waals surface area (Å²) in [4.78, 5) is 48.0. The monoisotopic (exact) mass is 562 g/mol. The molecule has 0 aromatic rings. The Morgan fingerprint density at radius 1 is 1.18 bits per heavy atom. The number of esters is 2. The Morgan fingerprint density at radius 3 is 2.45 bits per heavy atom. The van der Waals surface area contributed by atoms with Crippen LogP contribution in [0.5, 0.6) is 0 Å². The molecule has 0 heterocycles. The van der Waals surface area contributed by atoms with E-state index in [2.05, 4.69) is 0 Å². The maximum atomic E-state index is 13.4. The third kappa shape index (κ3) is 3.95. The maximum Gasteiger partial charge on any atom is 0.490 e. The van der Waals surface area contributed by atoms with Crippen molar-refractivity contribution in [2.24, 2.45) is 28.6 Å². The highest BCUT2D eigenvalue weighted by atomic mass is 35.5. The summed E-state index contributed by atoms with van der Waals surface area (Å²) in [6.07, 6.45) is -3.88. The SMILES string of the molecule is CCC(=O)OCC(=O)[C@@]1(O)C(C)C[C@H]2[C@@H]3CCC4=CC(=O)CC[C@]4(C)[C@@]3(Cl)C(OC(=O)C(F)(F)F)C[C@@]21C. The van der Waals surface area contributed by atoms with Crippen LogP contribution >= 0.6 is 11.6 Å². The summed E-state index contributed by atoms with van der Waals surface area (Å²) in [5.41, 5.74) is -3.58. The van der Waals surface area contributed by atoms with Gasteiger partial charge in [0.15, 0.2) is 12.4 Å². The lowest BCUT2D eigenvalue weighted by Gasteiger charge is -2.65. The second-order valence-electron chi connectivity index (χ2n) is 11.8. The molecule has 1 N–H and O–H groups in total. The van der Waals surface area contributed by atoms with Gasteiger partial charge >= 0.3 is 18.1 Å². The van der Waals surface area contributed by atoms with E-state index in [4.69, 9.17) is 21.1 Å². The van der Waals surface area contributed by atoms with Crippen molar-refractivity contribution in [3.63, 3.8) is 0 Å². The van der Waals surface area contributed by atoms with Gasteiger partial charge in [-0.1, -0.05) is 33.3 Å². The molecule has 4 rings (SSSR count). The van der Waals surface area contributed by atoms with Gasteiger partial charge in [-0.15, -0.1) is 11.6 Å². The van der Waals surface area contributed by atoms with Crippen LogP contribution in [0.1, 0.15) is 72.6 Å². The first kappa shape index (κ1) is 29.1. The van der Waals surface area contributed by atoms with E-state index in [-0.39, 0.29) is 31.5 Å². The average molecular weight is 563 g/mol. The predicted octanol–water partition coefficient (Wildman–Crippen LogP) is 4.46. The summed E-state index contributed by atoms with van der Waals surface area (Å²) in [5, 5.41) is 12.0. The van der Waals surface area contributed by atoms with Crippen LogP contribution in [0.15, 0.2) is 11.6 Å². The number of allylic oxidation sites excluding steroid dienone is 1.